The van der Waals surface area contributed by atoms with Crippen molar-refractivity contribution in [2.24, 2.45) is 0 Å². The average molecular weight is 604 g/mol. The topological polar surface area (TPSA) is 88.1 Å². The van der Waals surface area contributed by atoms with Crippen LogP contribution in [-0.2, 0) is 21.3 Å². The second kappa shape index (κ2) is 11.3. The molecule has 2 aromatic heterocycles. The third kappa shape index (κ3) is 6.52. The summed E-state index contributed by atoms with van der Waals surface area (Å²) in [7, 11) is -5.13. The van der Waals surface area contributed by atoms with Crippen molar-refractivity contribution >= 4 is 45.7 Å². The van der Waals surface area contributed by atoms with Crippen LogP contribution >= 0.6 is 11.3 Å². The van der Waals surface area contributed by atoms with E-state index in [2.05, 4.69) is 61.9 Å². The molecule has 3 aromatic rings. The Morgan fingerprint density at radius 2 is 1.73 bits per heavy atom. The molecule has 4 heterocycles. The summed E-state index contributed by atoms with van der Waals surface area (Å²) < 4.78 is 38.7. The highest BCUT2D eigenvalue weighted by Gasteiger charge is 2.39. The molecule has 0 aliphatic carbocycles. The van der Waals surface area contributed by atoms with Crippen molar-refractivity contribution < 1.29 is 17.6 Å². The van der Waals surface area contributed by atoms with E-state index in [1.165, 1.54) is 11.1 Å². The first-order chi connectivity index (χ1) is 18.8. The van der Waals surface area contributed by atoms with E-state index in [-0.39, 0.29) is 5.04 Å². The van der Waals surface area contributed by atoms with E-state index in [9.17, 15) is 8.42 Å². The van der Waals surface area contributed by atoms with Gasteiger partial charge in [-0.1, -0.05) is 32.9 Å². The van der Waals surface area contributed by atoms with E-state index < -0.39 is 18.3 Å². The summed E-state index contributed by atoms with van der Waals surface area (Å²) in [6, 6.07) is 10.3. The van der Waals surface area contributed by atoms with Crippen LogP contribution in [0.3, 0.4) is 0 Å². The van der Waals surface area contributed by atoms with Gasteiger partial charge in [-0.3, -0.25) is 4.90 Å². The van der Waals surface area contributed by atoms with Crippen molar-refractivity contribution in [2.75, 3.05) is 63.6 Å². The Balaban J connectivity index is 1.45. The summed E-state index contributed by atoms with van der Waals surface area (Å²) in [6.07, 6.45) is 1.28. The van der Waals surface area contributed by atoms with E-state index in [1.807, 2.05) is 12.1 Å². The number of piperazine rings is 1. The highest BCUT2D eigenvalue weighted by atomic mass is 32.2. The van der Waals surface area contributed by atoms with Gasteiger partial charge in [0.2, 0.25) is 18.3 Å². The molecule has 2 aliphatic rings. The molecule has 0 spiro atoms. The smallest absolute Gasteiger partial charge is 0.250 e. The van der Waals surface area contributed by atoms with Crippen LogP contribution in [0, 0.1) is 0 Å². The van der Waals surface area contributed by atoms with Crippen LogP contribution in [0.1, 0.15) is 25.6 Å². The van der Waals surface area contributed by atoms with Gasteiger partial charge >= 0.3 is 0 Å². The standard InChI is InChI=1S/C28H41N5O4S2Si/c1-28(2,3)40(5,6)37-22-9-7-8-21(18-22)26-29-24-19-23(20-31-10-12-33(13-11-31)39(4,34)35)38-25(24)27(30-26)32-14-16-36-17-15-32/h7-9,18-19H,10-17,20H2,1-6H3. The minimum absolute atomic E-state index is 0.104. The molecule has 0 amide bonds. The van der Waals surface area contributed by atoms with E-state index in [4.69, 9.17) is 19.1 Å². The minimum Gasteiger partial charge on any atom is -0.543 e. The largest absolute Gasteiger partial charge is 0.543 e. The first-order valence-electron chi connectivity index (χ1n) is 13.9. The predicted molar refractivity (Wildman–Crippen MR) is 165 cm³/mol. The normalized spacial score (nSPS) is 18.4. The van der Waals surface area contributed by atoms with Crippen LogP contribution in [0.4, 0.5) is 5.82 Å². The molecule has 0 unspecified atom stereocenters. The van der Waals surface area contributed by atoms with Gasteiger partial charge in [0.05, 0.1) is 29.7 Å². The quantitative estimate of drug-likeness (QED) is 0.361. The molecule has 9 nitrogen and oxygen atoms in total. The Labute approximate surface area is 243 Å². The van der Waals surface area contributed by atoms with E-state index in [0.717, 1.165) is 60.1 Å². The zero-order valence-electron chi connectivity index (χ0n) is 24.4. The van der Waals surface area contributed by atoms with Crippen LogP contribution in [0.15, 0.2) is 30.3 Å². The predicted octanol–water partition coefficient (Wildman–Crippen LogP) is 4.66. The van der Waals surface area contributed by atoms with Crippen LogP contribution in [0.2, 0.25) is 18.1 Å². The lowest BCUT2D eigenvalue weighted by atomic mass is 10.2. The minimum atomic E-state index is -3.14. The van der Waals surface area contributed by atoms with E-state index in [0.29, 0.717) is 32.1 Å². The van der Waals surface area contributed by atoms with Crippen molar-refractivity contribution in [1.82, 2.24) is 19.2 Å². The Morgan fingerprint density at radius 1 is 1.02 bits per heavy atom. The number of benzene rings is 1. The number of aromatic nitrogens is 2. The van der Waals surface area contributed by atoms with Gasteiger partial charge in [-0.15, -0.1) is 11.3 Å². The van der Waals surface area contributed by atoms with Crippen molar-refractivity contribution in [2.45, 2.75) is 45.4 Å². The summed E-state index contributed by atoms with van der Waals surface area (Å²) >= 11 is 1.74. The van der Waals surface area contributed by atoms with Crippen molar-refractivity contribution in [3.05, 3.63) is 35.2 Å². The van der Waals surface area contributed by atoms with Gasteiger partial charge in [0, 0.05) is 56.3 Å². The first-order valence-corrected chi connectivity index (χ1v) is 19.5. The number of ether oxygens (including phenoxy) is 1. The number of nitrogens with zero attached hydrogens (tertiary/aromatic N) is 5. The van der Waals surface area contributed by atoms with Crippen molar-refractivity contribution in [3.63, 3.8) is 0 Å². The number of hydrogen-bond acceptors (Lipinski definition) is 9. The molecule has 2 aliphatic heterocycles. The molecule has 218 valence electrons. The maximum atomic E-state index is 11.9. The fourth-order valence-corrected chi connectivity index (χ4v) is 7.75. The molecule has 2 saturated heterocycles. The molecule has 1 aromatic carbocycles. The van der Waals surface area contributed by atoms with Crippen LogP contribution < -0.4 is 9.33 Å². The molecule has 5 rings (SSSR count). The number of anilines is 1. The van der Waals surface area contributed by atoms with E-state index in [1.54, 1.807) is 15.6 Å². The summed E-state index contributed by atoms with van der Waals surface area (Å²) in [6.45, 7) is 17.5. The number of hydrogen-bond donors (Lipinski definition) is 0. The molecule has 0 radical (unpaired) electrons. The second-order valence-electron chi connectivity index (χ2n) is 12.2. The van der Waals surface area contributed by atoms with Crippen LogP contribution in [0.5, 0.6) is 5.75 Å². The molecule has 0 N–H and O–H groups in total. The zero-order valence-corrected chi connectivity index (χ0v) is 27.1. The van der Waals surface area contributed by atoms with Crippen LogP contribution in [-0.4, -0.2) is 94.6 Å². The van der Waals surface area contributed by atoms with Gasteiger partial charge in [-0.2, -0.15) is 4.31 Å². The molecular formula is C28H41N5O4S2Si. The Bertz CT molecular complexity index is 1460. The monoisotopic (exact) mass is 603 g/mol. The fraction of sp³-hybridized carbons (Fsp3) is 0.571. The molecule has 40 heavy (non-hydrogen) atoms. The first kappa shape index (κ1) is 29.4. The molecule has 2 fully saturated rings. The fourth-order valence-electron chi connectivity index (χ4n) is 4.75. The summed E-state index contributed by atoms with van der Waals surface area (Å²) in [5.74, 6) is 2.51. The van der Waals surface area contributed by atoms with Gasteiger partial charge in [0.15, 0.2) is 11.6 Å². The number of rotatable bonds is 7. The maximum absolute atomic E-state index is 11.9. The van der Waals surface area contributed by atoms with Crippen molar-refractivity contribution in [1.29, 1.82) is 0 Å². The second-order valence-corrected chi connectivity index (χ2v) is 20.1. The highest BCUT2D eigenvalue weighted by Crippen LogP contribution is 2.39. The van der Waals surface area contributed by atoms with Crippen LogP contribution in [0.25, 0.3) is 21.6 Å². The average Bonchev–Trinajstić information content (AvgIpc) is 3.30. The number of fused-ring (bicyclic) bond motifs is 1. The lowest BCUT2D eigenvalue weighted by molar-refractivity contribution is 0.122. The molecule has 0 saturated carbocycles. The Hall–Kier alpha value is -2.09. The maximum Gasteiger partial charge on any atom is 0.250 e. The third-order valence-electron chi connectivity index (χ3n) is 8.17. The van der Waals surface area contributed by atoms with Gasteiger partial charge in [0.1, 0.15) is 5.75 Å². The summed E-state index contributed by atoms with van der Waals surface area (Å²) in [5.41, 5.74) is 1.88. The lowest BCUT2D eigenvalue weighted by Crippen LogP contribution is -2.47. The molecule has 12 heteroatoms. The highest BCUT2D eigenvalue weighted by molar-refractivity contribution is 7.88. The number of sulfonamides is 1. The van der Waals surface area contributed by atoms with Gasteiger partial charge < -0.3 is 14.1 Å². The third-order valence-corrected chi connectivity index (χ3v) is 14.9. The van der Waals surface area contributed by atoms with Gasteiger partial charge in [-0.25, -0.2) is 18.4 Å². The van der Waals surface area contributed by atoms with Gasteiger partial charge in [-0.05, 0) is 36.3 Å². The Morgan fingerprint density at radius 3 is 2.38 bits per heavy atom. The van der Waals surface area contributed by atoms with Gasteiger partial charge in [0.25, 0.3) is 0 Å². The van der Waals surface area contributed by atoms with E-state index >= 15 is 0 Å². The molecule has 0 atom stereocenters. The summed E-state index contributed by atoms with van der Waals surface area (Å²) in [5, 5.41) is 0.104. The zero-order chi connectivity index (χ0) is 28.7. The number of morpholine rings is 1. The molecule has 0 bridgehead atoms. The Kier molecular flexibility index (Phi) is 8.30. The number of thiophene rings is 1. The lowest BCUT2D eigenvalue weighted by Gasteiger charge is -2.36. The SMILES string of the molecule is CC(C)(C)[Si](C)(C)Oc1cccc(-c2nc(N3CCOCC3)c3sc(CN4CCN(S(C)(=O)=O)CC4)cc3n2)c1. The van der Waals surface area contributed by atoms with Crippen molar-refractivity contribution in [3.8, 4) is 17.1 Å². The summed E-state index contributed by atoms with van der Waals surface area (Å²) in [4.78, 5) is 16.0. The molecular weight excluding hydrogens is 563 g/mol.